The van der Waals surface area contributed by atoms with Crippen LogP contribution in [-0.2, 0) is 13.1 Å². The smallest absolute Gasteiger partial charge is 0.127 e. The largest absolute Gasteiger partial charge is 0.497 e. The third kappa shape index (κ3) is 4.50. The minimum Gasteiger partial charge on any atom is -0.497 e. The second kappa shape index (κ2) is 8.39. The molecule has 0 N–H and O–H groups in total. The maximum Gasteiger partial charge on any atom is 0.127 e. The maximum absolute atomic E-state index is 14.2. The summed E-state index contributed by atoms with van der Waals surface area (Å²) in [5, 5.41) is 4.95. The van der Waals surface area contributed by atoms with Crippen molar-refractivity contribution in [1.82, 2.24) is 19.6 Å². The Morgan fingerprint density at radius 1 is 1.18 bits per heavy atom. The summed E-state index contributed by atoms with van der Waals surface area (Å²) in [6, 6.07) is 5.01. The van der Waals surface area contributed by atoms with Gasteiger partial charge in [0, 0.05) is 37.9 Å². The van der Waals surface area contributed by atoms with E-state index in [1.54, 1.807) is 19.4 Å². The van der Waals surface area contributed by atoms with Gasteiger partial charge in [-0.05, 0) is 56.0 Å². The summed E-state index contributed by atoms with van der Waals surface area (Å²) in [7, 11) is 1.62. The van der Waals surface area contributed by atoms with E-state index in [-0.39, 0.29) is 5.82 Å². The van der Waals surface area contributed by atoms with Gasteiger partial charge in [0.15, 0.2) is 0 Å². The van der Waals surface area contributed by atoms with Gasteiger partial charge in [0.2, 0.25) is 0 Å². The molecule has 5 nitrogen and oxygen atoms in total. The summed E-state index contributed by atoms with van der Waals surface area (Å²) in [4.78, 5) is 4.95. The molecular weight excluding hydrogens is 379 g/mol. The summed E-state index contributed by atoms with van der Waals surface area (Å²) < 4.78 is 21.4. The maximum atomic E-state index is 14.2. The lowest BCUT2D eigenvalue weighted by molar-refractivity contribution is 0.0860. The van der Waals surface area contributed by atoms with Gasteiger partial charge in [-0.15, -0.1) is 0 Å². The van der Waals surface area contributed by atoms with Crippen LogP contribution >= 0.6 is 11.6 Å². The highest BCUT2D eigenvalue weighted by molar-refractivity contribution is 6.30. The van der Waals surface area contributed by atoms with Gasteiger partial charge in [0.05, 0.1) is 24.9 Å². The molecule has 1 aromatic heterocycles. The Balaban J connectivity index is 1.34. The van der Waals surface area contributed by atoms with Gasteiger partial charge in [-0.1, -0.05) is 11.6 Å². The van der Waals surface area contributed by atoms with Crippen LogP contribution in [0, 0.1) is 11.2 Å². The first kappa shape index (κ1) is 19.7. The van der Waals surface area contributed by atoms with Crippen LogP contribution in [0.3, 0.4) is 0 Å². The zero-order chi connectivity index (χ0) is 19.6. The van der Waals surface area contributed by atoms with Crippen LogP contribution in [0.1, 0.15) is 24.8 Å². The van der Waals surface area contributed by atoms with Crippen molar-refractivity contribution in [3.8, 4) is 5.75 Å². The van der Waals surface area contributed by atoms with Crippen LogP contribution in [0.5, 0.6) is 5.75 Å². The number of methoxy groups -OCH3 is 1. The minimum atomic E-state index is -0.147. The molecule has 3 heterocycles. The van der Waals surface area contributed by atoms with Gasteiger partial charge in [0.1, 0.15) is 11.6 Å². The van der Waals surface area contributed by atoms with Crippen molar-refractivity contribution < 1.29 is 9.13 Å². The predicted octanol–water partition coefficient (Wildman–Crippen LogP) is 3.67. The van der Waals surface area contributed by atoms with Crippen molar-refractivity contribution in [3.05, 3.63) is 47.0 Å². The number of ether oxygens (including phenoxy) is 1. The van der Waals surface area contributed by atoms with E-state index in [1.807, 2.05) is 16.9 Å². The van der Waals surface area contributed by atoms with Crippen LogP contribution in [-0.4, -0.2) is 59.4 Å². The lowest BCUT2D eigenvalue weighted by atomic mass is 9.79. The molecule has 1 spiro atoms. The predicted molar refractivity (Wildman–Crippen MR) is 108 cm³/mol. The average Bonchev–Trinajstić information content (AvgIpc) is 3.28. The third-order valence-electron chi connectivity index (χ3n) is 6.15. The number of hydrogen-bond acceptors (Lipinski definition) is 4. The molecule has 0 unspecified atom stereocenters. The number of piperidine rings is 1. The van der Waals surface area contributed by atoms with Crippen LogP contribution in [0.2, 0.25) is 5.02 Å². The number of benzene rings is 1. The molecule has 1 aromatic carbocycles. The van der Waals surface area contributed by atoms with E-state index in [0.29, 0.717) is 22.7 Å². The summed E-state index contributed by atoms with van der Waals surface area (Å²) in [5.41, 5.74) is 1.05. The first-order chi connectivity index (χ1) is 13.5. The molecule has 2 aliphatic heterocycles. The zero-order valence-electron chi connectivity index (χ0n) is 16.4. The molecule has 28 heavy (non-hydrogen) atoms. The molecule has 0 amide bonds. The standard InChI is InChI=1S/C21H28ClFN4O/c1-28-19-3-4-20(23)17(11-19)13-26-7-2-5-21(16-26)6-8-25(15-21)9-10-27-14-18(22)12-24-27/h3-4,11-12,14H,2,5-10,13,15-16H2,1H3/t21-/m0/s1. The Labute approximate surface area is 171 Å². The highest BCUT2D eigenvalue weighted by atomic mass is 35.5. The lowest BCUT2D eigenvalue weighted by Gasteiger charge is -2.40. The molecule has 0 bridgehead atoms. The summed E-state index contributed by atoms with van der Waals surface area (Å²) >= 11 is 5.95. The fourth-order valence-corrected chi connectivity index (χ4v) is 4.90. The average molecular weight is 407 g/mol. The number of rotatable bonds is 6. The van der Waals surface area contributed by atoms with Crippen molar-refractivity contribution in [2.75, 3.05) is 39.8 Å². The van der Waals surface area contributed by atoms with Gasteiger partial charge in [0.25, 0.3) is 0 Å². The van der Waals surface area contributed by atoms with Crippen LogP contribution in [0.15, 0.2) is 30.6 Å². The van der Waals surface area contributed by atoms with Crippen molar-refractivity contribution in [3.63, 3.8) is 0 Å². The monoisotopic (exact) mass is 406 g/mol. The quantitative estimate of drug-likeness (QED) is 0.732. The Morgan fingerprint density at radius 2 is 2.04 bits per heavy atom. The molecule has 2 aliphatic rings. The van der Waals surface area contributed by atoms with E-state index in [1.165, 1.54) is 25.3 Å². The number of aromatic nitrogens is 2. The topological polar surface area (TPSA) is 33.5 Å². The van der Waals surface area contributed by atoms with Crippen LogP contribution in [0.25, 0.3) is 0 Å². The Hall–Kier alpha value is -1.63. The molecule has 0 aliphatic carbocycles. The normalized spacial score (nSPS) is 23.5. The SMILES string of the molecule is COc1ccc(F)c(CN2CCC[C@@]3(CCN(CCn4cc(Cl)cn4)C3)C2)c1. The Morgan fingerprint density at radius 3 is 2.82 bits per heavy atom. The molecule has 4 rings (SSSR count). The second-order valence-corrected chi connectivity index (χ2v) is 8.66. The van der Waals surface area contributed by atoms with Crippen molar-refractivity contribution in [1.29, 1.82) is 0 Å². The van der Waals surface area contributed by atoms with E-state index in [9.17, 15) is 4.39 Å². The van der Waals surface area contributed by atoms with Gasteiger partial charge >= 0.3 is 0 Å². The van der Waals surface area contributed by atoms with E-state index >= 15 is 0 Å². The van der Waals surface area contributed by atoms with Crippen LogP contribution < -0.4 is 4.74 Å². The highest BCUT2D eigenvalue weighted by Gasteiger charge is 2.41. The van der Waals surface area contributed by atoms with E-state index < -0.39 is 0 Å². The fourth-order valence-electron chi connectivity index (χ4n) is 4.74. The van der Waals surface area contributed by atoms with Gasteiger partial charge in [-0.25, -0.2) is 4.39 Å². The van der Waals surface area contributed by atoms with Gasteiger partial charge in [-0.2, -0.15) is 5.10 Å². The Bertz CT molecular complexity index is 813. The second-order valence-electron chi connectivity index (χ2n) is 8.22. The van der Waals surface area contributed by atoms with Gasteiger partial charge < -0.3 is 9.64 Å². The third-order valence-corrected chi connectivity index (χ3v) is 6.35. The number of hydrogen-bond donors (Lipinski definition) is 0. The van der Waals surface area contributed by atoms with Crippen molar-refractivity contribution in [2.24, 2.45) is 5.41 Å². The van der Waals surface area contributed by atoms with Gasteiger partial charge in [-0.3, -0.25) is 9.58 Å². The van der Waals surface area contributed by atoms with Crippen molar-refractivity contribution in [2.45, 2.75) is 32.4 Å². The zero-order valence-corrected chi connectivity index (χ0v) is 17.2. The number of likely N-dealkylation sites (tertiary alicyclic amines) is 2. The van der Waals surface area contributed by atoms with E-state index in [2.05, 4.69) is 14.9 Å². The molecule has 2 fully saturated rings. The van der Waals surface area contributed by atoms with E-state index in [4.69, 9.17) is 16.3 Å². The molecule has 7 heteroatoms. The molecular formula is C21H28ClFN4O. The molecule has 2 aromatic rings. The highest BCUT2D eigenvalue weighted by Crippen LogP contribution is 2.39. The number of halogens is 2. The summed E-state index contributed by atoms with van der Waals surface area (Å²) in [6.07, 6.45) is 7.20. The molecule has 0 saturated carbocycles. The molecule has 152 valence electrons. The molecule has 1 atom stereocenters. The first-order valence-electron chi connectivity index (χ1n) is 10.0. The van der Waals surface area contributed by atoms with Crippen LogP contribution in [0.4, 0.5) is 4.39 Å². The Kier molecular flexibility index (Phi) is 5.90. The minimum absolute atomic E-state index is 0.147. The first-order valence-corrected chi connectivity index (χ1v) is 10.4. The number of nitrogens with zero attached hydrogens (tertiary/aromatic N) is 4. The fraction of sp³-hybridized carbons (Fsp3) is 0.571. The molecule has 0 radical (unpaired) electrons. The lowest BCUT2D eigenvalue weighted by Crippen LogP contribution is -2.44. The summed E-state index contributed by atoms with van der Waals surface area (Å²) in [5.74, 6) is 0.570. The van der Waals surface area contributed by atoms with E-state index in [0.717, 1.165) is 44.8 Å². The summed E-state index contributed by atoms with van der Waals surface area (Å²) in [6.45, 7) is 6.80. The van der Waals surface area contributed by atoms with Crippen molar-refractivity contribution >= 4 is 11.6 Å². The molecule has 2 saturated heterocycles.